The van der Waals surface area contributed by atoms with Gasteiger partial charge in [-0.15, -0.1) is 0 Å². The van der Waals surface area contributed by atoms with Crippen molar-refractivity contribution < 1.29 is 21.3 Å². The standard InChI is InChI=1S/C25H30N2O6S2/c1-17-7-11-26(12-8-17)34(29,30)19-3-5-23-21(15-19)25(28)22-16-20(4-6-24(22)33-23)35(31,32)27-13-9-18(2)10-14-27/h3-6,15-18H,7-14H2,1-2H3. The Morgan fingerprint density at radius 1 is 0.686 bits per heavy atom. The highest BCUT2D eigenvalue weighted by atomic mass is 32.2. The van der Waals surface area contributed by atoms with Gasteiger partial charge in [0.15, 0.2) is 0 Å². The van der Waals surface area contributed by atoms with Gasteiger partial charge in [0.2, 0.25) is 25.5 Å². The van der Waals surface area contributed by atoms with Crippen molar-refractivity contribution in [1.29, 1.82) is 0 Å². The molecule has 0 aliphatic carbocycles. The van der Waals surface area contributed by atoms with Gasteiger partial charge in [0.25, 0.3) is 0 Å². The molecule has 0 radical (unpaired) electrons. The van der Waals surface area contributed by atoms with Crippen molar-refractivity contribution >= 4 is 42.0 Å². The third kappa shape index (κ3) is 4.41. The van der Waals surface area contributed by atoms with E-state index in [1.54, 1.807) is 0 Å². The van der Waals surface area contributed by atoms with Crippen LogP contribution in [0.3, 0.4) is 0 Å². The van der Waals surface area contributed by atoms with Crippen molar-refractivity contribution in [2.24, 2.45) is 11.8 Å². The van der Waals surface area contributed by atoms with Crippen molar-refractivity contribution in [3.05, 3.63) is 46.6 Å². The van der Waals surface area contributed by atoms with Gasteiger partial charge in [-0.05, 0) is 73.9 Å². The van der Waals surface area contributed by atoms with Crippen LogP contribution in [0.2, 0.25) is 0 Å². The van der Waals surface area contributed by atoms with Gasteiger partial charge in [-0.3, -0.25) is 4.79 Å². The summed E-state index contributed by atoms with van der Waals surface area (Å²) in [6, 6.07) is 8.61. The van der Waals surface area contributed by atoms with Crippen molar-refractivity contribution in [2.45, 2.75) is 49.3 Å². The molecule has 2 fully saturated rings. The molecule has 188 valence electrons. The van der Waals surface area contributed by atoms with Gasteiger partial charge in [-0.2, -0.15) is 8.61 Å². The van der Waals surface area contributed by atoms with E-state index >= 15 is 0 Å². The van der Waals surface area contributed by atoms with Crippen LogP contribution in [-0.4, -0.2) is 51.6 Å². The van der Waals surface area contributed by atoms with Gasteiger partial charge in [0, 0.05) is 26.2 Å². The first-order valence-corrected chi connectivity index (χ1v) is 15.0. The second-order valence-electron chi connectivity index (χ2n) is 9.92. The molecular formula is C25H30N2O6S2. The fourth-order valence-corrected chi connectivity index (χ4v) is 7.88. The average Bonchev–Trinajstić information content (AvgIpc) is 2.84. The summed E-state index contributed by atoms with van der Waals surface area (Å²) in [7, 11) is -7.49. The van der Waals surface area contributed by atoms with Crippen molar-refractivity contribution in [3.8, 4) is 0 Å². The molecule has 0 amide bonds. The van der Waals surface area contributed by atoms with Crippen LogP contribution in [0.1, 0.15) is 39.5 Å². The lowest BCUT2D eigenvalue weighted by atomic mass is 10.0. The van der Waals surface area contributed by atoms with Gasteiger partial charge in [-0.1, -0.05) is 13.8 Å². The molecule has 1 aromatic heterocycles. The number of hydrogen-bond acceptors (Lipinski definition) is 6. The minimum atomic E-state index is -3.75. The molecule has 5 rings (SSSR count). The quantitative estimate of drug-likeness (QED) is 0.487. The topological polar surface area (TPSA) is 105 Å². The Kier molecular flexibility index (Phi) is 6.27. The van der Waals surface area contributed by atoms with E-state index in [1.165, 1.54) is 45.0 Å². The fourth-order valence-electron chi connectivity index (χ4n) is 4.88. The molecule has 0 bridgehead atoms. The maximum atomic E-state index is 13.4. The maximum Gasteiger partial charge on any atom is 0.243 e. The smallest absolute Gasteiger partial charge is 0.243 e. The first-order chi connectivity index (χ1) is 16.6. The van der Waals surface area contributed by atoms with Crippen LogP contribution in [0.4, 0.5) is 0 Å². The molecule has 2 aromatic carbocycles. The van der Waals surface area contributed by atoms with Crippen molar-refractivity contribution in [3.63, 3.8) is 0 Å². The Morgan fingerprint density at radius 3 is 1.43 bits per heavy atom. The molecule has 2 aliphatic rings. The summed E-state index contributed by atoms with van der Waals surface area (Å²) in [5.74, 6) is 0.963. The van der Waals surface area contributed by atoms with Crippen molar-refractivity contribution in [1.82, 2.24) is 8.61 Å². The fraction of sp³-hybridized carbons (Fsp3) is 0.480. The van der Waals surface area contributed by atoms with Gasteiger partial charge < -0.3 is 4.42 Å². The van der Waals surface area contributed by atoms with Crippen LogP contribution in [0, 0.1) is 11.8 Å². The Balaban J connectivity index is 1.56. The summed E-state index contributed by atoms with van der Waals surface area (Å²) in [5.41, 5.74) is 0.0681. The predicted molar refractivity (Wildman–Crippen MR) is 134 cm³/mol. The second kappa shape index (κ2) is 8.99. The van der Waals surface area contributed by atoms with Gasteiger partial charge >= 0.3 is 0 Å². The molecular weight excluding hydrogens is 488 g/mol. The number of sulfonamides is 2. The number of piperidine rings is 2. The van der Waals surface area contributed by atoms with E-state index in [2.05, 4.69) is 13.8 Å². The van der Waals surface area contributed by atoms with Crippen molar-refractivity contribution in [2.75, 3.05) is 26.2 Å². The number of fused-ring (bicyclic) bond motifs is 2. The van der Waals surface area contributed by atoms with E-state index in [9.17, 15) is 21.6 Å². The third-order valence-corrected chi connectivity index (χ3v) is 11.2. The minimum absolute atomic E-state index is 0.0393. The van der Waals surface area contributed by atoms with Gasteiger partial charge in [0.1, 0.15) is 11.2 Å². The molecule has 2 saturated heterocycles. The molecule has 10 heteroatoms. The lowest BCUT2D eigenvalue weighted by molar-refractivity contribution is 0.287. The van der Waals surface area contributed by atoms with E-state index in [-0.39, 0.29) is 31.7 Å². The van der Waals surface area contributed by atoms with Crippen LogP contribution < -0.4 is 5.43 Å². The highest BCUT2D eigenvalue weighted by Crippen LogP contribution is 2.29. The molecule has 0 N–H and O–H groups in total. The monoisotopic (exact) mass is 518 g/mol. The minimum Gasteiger partial charge on any atom is -0.456 e. The molecule has 2 aliphatic heterocycles. The summed E-state index contributed by atoms with van der Waals surface area (Å²) in [6.45, 7) is 6.01. The summed E-state index contributed by atoms with van der Waals surface area (Å²) < 4.78 is 61.6. The lowest BCUT2D eigenvalue weighted by Gasteiger charge is -2.29. The zero-order valence-corrected chi connectivity index (χ0v) is 21.6. The van der Waals surface area contributed by atoms with Crippen LogP contribution in [-0.2, 0) is 20.0 Å². The van der Waals surface area contributed by atoms with E-state index in [1.807, 2.05) is 0 Å². The lowest BCUT2D eigenvalue weighted by Crippen LogP contribution is -2.38. The second-order valence-corrected chi connectivity index (χ2v) is 13.8. The highest BCUT2D eigenvalue weighted by molar-refractivity contribution is 7.89. The normalized spacial score (nSPS) is 20.1. The van der Waals surface area contributed by atoms with Crippen LogP contribution in [0.15, 0.2) is 55.4 Å². The molecule has 3 heterocycles. The molecule has 0 spiro atoms. The Bertz CT molecular complexity index is 1430. The zero-order valence-electron chi connectivity index (χ0n) is 19.9. The Hall–Kier alpha value is -2.27. The summed E-state index contributed by atoms with van der Waals surface area (Å²) >= 11 is 0. The van der Waals surface area contributed by atoms with E-state index in [4.69, 9.17) is 4.42 Å². The number of hydrogen-bond donors (Lipinski definition) is 0. The van der Waals surface area contributed by atoms with Crippen LogP contribution in [0.5, 0.6) is 0 Å². The van der Waals surface area contributed by atoms with Crippen LogP contribution in [0.25, 0.3) is 21.9 Å². The van der Waals surface area contributed by atoms with Gasteiger partial charge in [0.05, 0.1) is 20.6 Å². The molecule has 35 heavy (non-hydrogen) atoms. The van der Waals surface area contributed by atoms with E-state index in [0.717, 1.165) is 25.7 Å². The van der Waals surface area contributed by atoms with Gasteiger partial charge in [-0.25, -0.2) is 16.8 Å². The zero-order chi connectivity index (χ0) is 25.0. The number of nitrogens with zero attached hydrogens (tertiary/aromatic N) is 2. The molecule has 0 saturated carbocycles. The first kappa shape index (κ1) is 24.4. The SMILES string of the molecule is CC1CCN(S(=O)(=O)c2ccc3oc4ccc(S(=O)(=O)N5CCC(C)CC5)cc4c(=O)c3c2)CC1. The summed E-state index contributed by atoms with van der Waals surface area (Å²) in [5, 5.41) is 0.232. The summed E-state index contributed by atoms with van der Waals surface area (Å²) in [4.78, 5) is 13.5. The number of rotatable bonds is 4. The van der Waals surface area contributed by atoms with E-state index < -0.39 is 25.5 Å². The average molecular weight is 519 g/mol. The molecule has 8 nitrogen and oxygen atoms in total. The predicted octanol–water partition coefficient (Wildman–Crippen LogP) is 3.79. The highest BCUT2D eigenvalue weighted by Gasteiger charge is 2.30. The molecule has 0 atom stereocenters. The largest absolute Gasteiger partial charge is 0.456 e. The third-order valence-electron chi connectivity index (χ3n) is 7.37. The Morgan fingerprint density at radius 2 is 1.06 bits per heavy atom. The van der Waals surface area contributed by atoms with E-state index in [0.29, 0.717) is 38.0 Å². The first-order valence-electron chi connectivity index (χ1n) is 12.1. The molecule has 0 unspecified atom stereocenters. The Labute approximate surface area is 205 Å². The number of benzene rings is 2. The molecule has 3 aromatic rings. The summed E-state index contributed by atoms with van der Waals surface area (Å²) in [6.07, 6.45) is 3.19. The van der Waals surface area contributed by atoms with Crippen LogP contribution >= 0.6 is 0 Å². The maximum absolute atomic E-state index is 13.4.